The zero-order chi connectivity index (χ0) is 29.4. The lowest BCUT2D eigenvalue weighted by atomic mass is 9.93. The largest absolute Gasteiger partial charge is 0.481 e. The highest BCUT2D eigenvalue weighted by molar-refractivity contribution is 6.02. The van der Waals surface area contributed by atoms with Crippen molar-refractivity contribution in [1.29, 1.82) is 0 Å². The zero-order valence-electron chi connectivity index (χ0n) is 22.8. The molecule has 212 valence electrons. The number of hydrogen-bond donors (Lipinski definition) is 3. The number of rotatable bonds is 10. The molecule has 3 N–H and O–H groups in total. The standard InChI is InChI=1S/C31H32N4O6/c1-21-7-14-26(19-28(21)35(40)41)33-31(39)34(27-15-12-24(13-16-27)23-5-3-2-4-6-23)20-22-8-10-25(11-9-22)30(38)32-18-17-29(36)37/h5,7-16,19H,2-4,6,17-18,20H2,1H3,(H,32,38)(H,33,39)(H,36,37). The molecular formula is C31H32N4O6. The fourth-order valence-corrected chi connectivity index (χ4v) is 4.64. The molecule has 0 unspecified atom stereocenters. The molecule has 0 saturated carbocycles. The van der Waals surface area contributed by atoms with Crippen molar-refractivity contribution in [3.8, 4) is 0 Å². The number of carbonyl (C=O) groups excluding carboxylic acids is 2. The SMILES string of the molecule is Cc1ccc(NC(=O)N(Cc2ccc(C(=O)NCCC(=O)O)cc2)c2ccc(C3=CCCCC3)cc2)cc1[N+](=O)[O-]. The molecule has 3 amide bonds. The van der Waals surface area contributed by atoms with E-state index in [1.165, 1.54) is 23.0 Å². The first-order chi connectivity index (χ1) is 19.7. The van der Waals surface area contributed by atoms with Crippen LogP contribution in [0, 0.1) is 17.0 Å². The Morgan fingerprint density at radius 3 is 2.37 bits per heavy atom. The van der Waals surface area contributed by atoms with Gasteiger partial charge in [0.25, 0.3) is 11.6 Å². The van der Waals surface area contributed by atoms with Crippen molar-refractivity contribution >= 4 is 40.5 Å². The molecule has 0 heterocycles. The minimum absolute atomic E-state index is 0.0218. The van der Waals surface area contributed by atoms with Crippen LogP contribution in [0.5, 0.6) is 0 Å². The van der Waals surface area contributed by atoms with E-state index in [-0.39, 0.29) is 31.1 Å². The lowest BCUT2D eigenvalue weighted by Gasteiger charge is -2.24. The monoisotopic (exact) mass is 556 g/mol. The maximum Gasteiger partial charge on any atom is 0.326 e. The second-order valence-electron chi connectivity index (χ2n) is 9.89. The van der Waals surface area contributed by atoms with Gasteiger partial charge in [-0.05, 0) is 79.6 Å². The van der Waals surface area contributed by atoms with Gasteiger partial charge < -0.3 is 15.7 Å². The summed E-state index contributed by atoms with van der Waals surface area (Å²) >= 11 is 0. The van der Waals surface area contributed by atoms with Gasteiger partial charge in [0.15, 0.2) is 0 Å². The van der Waals surface area contributed by atoms with Crippen LogP contribution < -0.4 is 15.5 Å². The second-order valence-corrected chi connectivity index (χ2v) is 9.89. The summed E-state index contributed by atoms with van der Waals surface area (Å²) in [6.45, 7) is 1.83. The number of anilines is 2. The molecule has 0 bridgehead atoms. The summed E-state index contributed by atoms with van der Waals surface area (Å²) in [4.78, 5) is 49.0. The van der Waals surface area contributed by atoms with Crippen LogP contribution in [-0.4, -0.2) is 34.5 Å². The number of aliphatic carboxylic acids is 1. The van der Waals surface area contributed by atoms with Gasteiger partial charge in [-0.1, -0.05) is 36.4 Å². The third kappa shape index (κ3) is 7.78. The summed E-state index contributed by atoms with van der Waals surface area (Å²) < 4.78 is 0. The quantitative estimate of drug-likeness (QED) is 0.197. The molecule has 0 atom stereocenters. The van der Waals surface area contributed by atoms with E-state index >= 15 is 0 Å². The molecule has 10 heteroatoms. The molecule has 41 heavy (non-hydrogen) atoms. The summed E-state index contributed by atoms with van der Waals surface area (Å²) in [6, 6.07) is 18.5. The molecule has 1 aliphatic rings. The summed E-state index contributed by atoms with van der Waals surface area (Å²) in [5.74, 6) is -1.39. The van der Waals surface area contributed by atoms with Gasteiger partial charge in [-0.2, -0.15) is 0 Å². The maximum absolute atomic E-state index is 13.5. The van der Waals surface area contributed by atoms with E-state index < -0.39 is 16.9 Å². The molecule has 4 rings (SSSR count). The van der Waals surface area contributed by atoms with Crippen molar-refractivity contribution in [2.24, 2.45) is 0 Å². The predicted molar refractivity (Wildman–Crippen MR) is 157 cm³/mol. The van der Waals surface area contributed by atoms with Crippen LogP contribution in [0.2, 0.25) is 0 Å². The first-order valence-corrected chi connectivity index (χ1v) is 13.4. The average molecular weight is 557 g/mol. The van der Waals surface area contributed by atoms with Crippen molar-refractivity contribution in [3.63, 3.8) is 0 Å². The number of nitrogens with one attached hydrogen (secondary N) is 2. The summed E-state index contributed by atoms with van der Waals surface area (Å²) in [5.41, 5.74) is 4.86. The van der Waals surface area contributed by atoms with Crippen LogP contribution in [-0.2, 0) is 11.3 Å². The highest BCUT2D eigenvalue weighted by atomic mass is 16.6. The molecule has 3 aromatic rings. The van der Waals surface area contributed by atoms with E-state index in [0.29, 0.717) is 22.5 Å². The number of carbonyl (C=O) groups is 3. The number of nitrogens with zero attached hydrogens (tertiary/aromatic N) is 2. The normalized spacial score (nSPS) is 12.7. The van der Waals surface area contributed by atoms with Crippen molar-refractivity contribution in [2.45, 2.75) is 45.6 Å². The van der Waals surface area contributed by atoms with E-state index in [2.05, 4.69) is 16.7 Å². The van der Waals surface area contributed by atoms with Crippen molar-refractivity contribution in [1.82, 2.24) is 5.32 Å². The number of carboxylic acid groups (broad SMARTS) is 1. The Morgan fingerprint density at radius 1 is 1.00 bits per heavy atom. The Balaban J connectivity index is 1.56. The molecule has 1 aliphatic carbocycles. The van der Waals surface area contributed by atoms with E-state index in [1.54, 1.807) is 43.3 Å². The Hall–Kier alpha value is -4.99. The first-order valence-electron chi connectivity index (χ1n) is 13.4. The third-order valence-corrected chi connectivity index (χ3v) is 6.92. The van der Waals surface area contributed by atoms with Gasteiger partial charge in [-0.25, -0.2) is 4.79 Å². The fourth-order valence-electron chi connectivity index (χ4n) is 4.64. The number of urea groups is 1. The van der Waals surface area contributed by atoms with Gasteiger partial charge >= 0.3 is 12.0 Å². The topological polar surface area (TPSA) is 142 Å². The molecule has 10 nitrogen and oxygen atoms in total. The van der Waals surface area contributed by atoms with E-state index in [4.69, 9.17) is 5.11 Å². The second kappa shape index (κ2) is 13.4. The Kier molecular flexibility index (Phi) is 9.47. The van der Waals surface area contributed by atoms with Crippen molar-refractivity contribution in [2.75, 3.05) is 16.8 Å². The fraction of sp³-hybridized carbons (Fsp3) is 0.258. The summed E-state index contributed by atoms with van der Waals surface area (Å²) in [7, 11) is 0. The number of nitro benzene ring substituents is 1. The lowest BCUT2D eigenvalue weighted by Crippen LogP contribution is -2.34. The lowest BCUT2D eigenvalue weighted by molar-refractivity contribution is -0.385. The van der Waals surface area contributed by atoms with E-state index in [1.807, 2.05) is 24.3 Å². The average Bonchev–Trinajstić information content (AvgIpc) is 2.97. The smallest absolute Gasteiger partial charge is 0.326 e. The first kappa shape index (κ1) is 29.0. The molecule has 0 spiro atoms. The maximum atomic E-state index is 13.5. The molecule has 0 radical (unpaired) electrons. The molecule has 0 aromatic heterocycles. The van der Waals surface area contributed by atoms with Crippen LogP contribution >= 0.6 is 0 Å². The van der Waals surface area contributed by atoms with E-state index in [0.717, 1.165) is 30.4 Å². The number of carboxylic acids is 1. The van der Waals surface area contributed by atoms with Crippen LogP contribution in [0.4, 0.5) is 21.9 Å². The number of allylic oxidation sites excluding steroid dienone is 2. The molecule has 0 saturated heterocycles. The number of benzene rings is 3. The van der Waals surface area contributed by atoms with Crippen molar-refractivity contribution < 1.29 is 24.4 Å². The van der Waals surface area contributed by atoms with Crippen LogP contribution in [0.25, 0.3) is 5.57 Å². The molecule has 0 fully saturated rings. The summed E-state index contributed by atoms with van der Waals surface area (Å²) in [5, 5.41) is 25.5. The Labute approximate surface area is 237 Å². The van der Waals surface area contributed by atoms with Gasteiger partial charge in [0, 0.05) is 35.1 Å². The van der Waals surface area contributed by atoms with Crippen LogP contribution in [0.15, 0.2) is 72.8 Å². The third-order valence-electron chi connectivity index (χ3n) is 6.92. The van der Waals surface area contributed by atoms with E-state index in [9.17, 15) is 24.5 Å². The van der Waals surface area contributed by atoms with Gasteiger partial charge in [0.2, 0.25) is 0 Å². The zero-order valence-corrected chi connectivity index (χ0v) is 22.8. The molecule has 3 aromatic carbocycles. The highest BCUT2D eigenvalue weighted by Crippen LogP contribution is 2.29. The highest BCUT2D eigenvalue weighted by Gasteiger charge is 2.20. The van der Waals surface area contributed by atoms with Gasteiger partial charge in [-0.3, -0.25) is 24.6 Å². The Morgan fingerprint density at radius 2 is 1.73 bits per heavy atom. The predicted octanol–water partition coefficient (Wildman–Crippen LogP) is 6.30. The van der Waals surface area contributed by atoms with Crippen LogP contribution in [0.1, 0.15) is 59.2 Å². The summed E-state index contributed by atoms with van der Waals surface area (Å²) in [6.07, 6.45) is 6.50. The molecular weight excluding hydrogens is 524 g/mol. The minimum Gasteiger partial charge on any atom is -0.481 e. The van der Waals surface area contributed by atoms with Crippen molar-refractivity contribution in [3.05, 3.63) is 105 Å². The number of aryl methyl sites for hydroxylation is 1. The molecule has 0 aliphatic heterocycles. The number of nitro groups is 1. The number of hydrogen-bond acceptors (Lipinski definition) is 5. The van der Waals surface area contributed by atoms with Gasteiger partial charge in [0.05, 0.1) is 17.9 Å². The minimum atomic E-state index is -0.997. The Bertz CT molecular complexity index is 1460. The number of amides is 3. The van der Waals surface area contributed by atoms with Gasteiger partial charge in [-0.15, -0.1) is 0 Å². The van der Waals surface area contributed by atoms with Crippen LogP contribution in [0.3, 0.4) is 0 Å². The van der Waals surface area contributed by atoms with Gasteiger partial charge in [0.1, 0.15) is 0 Å².